The standard InChI is InChI=1S/2C25H35O4P.Al/c2*1-14(2)18-9-20-11-21-10-19(15(3)4)13-23(17(7)8)25(21)29-30(26,27)28-24(20)22(12-18)16(5)6;/h2*9-10,12-17H,11H2,1-8H3,(H,26,27);/q;;+2/p-2. The van der Waals surface area contributed by atoms with Crippen LogP contribution in [0, 0.1) is 0 Å². The molecule has 0 bridgehead atoms. The second kappa shape index (κ2) is 18.6. The minimum absolute atomic E-state index is 0.0436. The number of benzene rings is 4. The van der Waals surface area contributed by atoms with Crippen LogP contribution in [0.25, 0.3) is 0 Å². The number of hydrogen-bond acceptors (Lipinski definition) is 8. The van der Waals surface area contributed by atoms with Crippen molar-refractivity contribution in [1.29, 1.82) is 0 Å². The van der Waals surface area contributed by atoms with Gasteiger partial charge in [0, 0.05) is 12.8 Å². The molecule has 6 rings (SSSR count). The molecule has 61 heavy (non-hydrogen) atoms. The Balaban J connectivity index is 1.48. The predicted octanol–water partition coefficient (Wildman–Crippen LogP) is 15.9. The molecule has 329 valence electrons. The summed E-state index contributed by atoms with van der Waals surface area (Å²) in [7, 11) is -9.03. The van der Waals surface area contributed by atoms with Gasteiger partial charge in [0.05, 0.1) is 0 Å². The lowest BCUT2D eigenvalue weighted by Gasteiger charge is -2.31. The van der Waals surface area contributed by atoms with Crippen molar-refractivity contribution in [3.63, 3.8) is 0 Å². The molecule has 8 nitrogen and oxygen atoms in total. The number of rotatable bonds is 12. The fraction of sp³-hybridized carbons (Fsp3) is 0.520. The number of phosphoric ester groups is 2. The molecule has 4 aromatic carbocycles. The van der Waals surface area contributed by atoms with E-state index in [0.29, 0.717) is 35.8 Å². The molecule has 0 aliphatic carbocycles. The van der Waals surface area contributed by atoms with E-state index < -0.39 is 31.5 Å². The second-order valence-corrected chi connectivity index (χ2v) is 23.9. The Labute approximate surface area is 373 Å². The van der Waals surface area contributed by atoms with Gasteiger partial charge in [-0.2, -0.15) is 0 Å². The normalized spacial score (nSPS) is 15.7. The Kier molecular flexibility index (Phi) is 14.5. The fourth-order valence-electron chi connectivity index (χ4n) is 8.08. The molecule has 0 amide bonds. The van der Waals surface area contributed by atoms with Crippen LogP contribution in [0.15, 0.2) is 48.5 Å². The van der Waals surface area contributed by atoms with E-state index >= 15 is 9.13 Å². The van der Waals surface area contributed by atoms with Crippen LogP contribution in [-0.2, 0) is 29.1 Å². The third kappa shape index (κ3) is 10.4. The fourth-order valence-corrected chi connectivity index (χ4v) is 12.0. The van der Waals surface area contributed by atoms with Gasteiger partial charge in [-0.3, -0.25) is 0 Å². The molecule has 2 aliphatic heterocycles. The van der Waals surface area contributed by atoms with Gasteiger partial charge in [-0.05, 0) is 114 Å². The van der Waals surface area contributed by atoms with Gasteiger partial charge in [-0.15, -0.1) is 0 Å². The molecule has 0 saturated carbocycles. The van der Waals surface area contributed by atoms with Crippen LogP contribution < -0.4 is 18.1 Å². The smallest absolute Gasteiger partial charge is 0.396 e. The first-order chi connectivity index (χ1) is 28.5. The summed E-state index contributed by atoms with van der Waals surface area (Å²) in [5.41, 5.74) is 12.0. The molecule has 0 spiro atoms. The highest BCUT2D eigenvalue weighted by Crippen LogP contribution is 2.59. The average Bonchev–Trinajstić information content (AvgIpc) is 3.14. The molecule has 0 saturated heterocycles. The minimum atomic E-state index is -4.52. The minimum Gasteiger partial charge on any atom is -0.396 e. The van der Waals surface area contributed by atoms with Crippen molar-refractivity contribution >= 4 is 31.5 Å². The van der Waals surface area contributed by atoms with Crippen LogP contribution in [0.2, 0.25) is 0 Å². The molecule has 4 aromatic rings. The SMILES string of the molecule is CC(C)c1cc2c(c(C(C)C)c1)OP(=O)([O][Al][O]P1(=O)Oc3c(cc(C(C)C)cc3C(C)C)Cc3cc(C(C)C)cc(C(C)C)c3O1)Oc1c(cc(C(C)C)cc1C(C)C)C2. The third-order valence-corrected chi connectivity index (χ3v) is 16.3. The van der Waals surface area contributed by atoms with Gasteiger partial charge in [0.1, 0.15) is 23.0 Å². The molecule has 11 heteroatoms. The molecule has 0 unspecified atom stereocenters. The van der Waals surface area contributed by atoms with Crippen LogP contribution in [0.4, 0.5) is 0 Å². The maximum Gasteiger partial charge on any atom is 0.689 e. The zero-order chi connectivity index (χ0) is 44.9. The highest BCUT2D eigenvalue weighted by molar-refractivity contribution is 7.52. The van der Waals surface area contributed by atoms with E-state index in [4.69, 9.17) is 25.2 Å². The summed E-state index contributed by atoms with van der Waals surface area (Å²) in [6, 6.07) is 17.1. The predicted molar refractivity (Wildman–Crippen MR) is 250 cm³/mol. The molecule has 0 atom stereocenters. The molecule has 2 heterocycles. The van der Waals surface area contributed by atoms with Crippen molar-refractivity contribution in [3.05, 3.63) is 115 Å². The van der Waals surface area contributed by atoms with E-state index in [9.17, 15) is 0 Å². The number of phosphoric acid groups is 2. The Morgan fingerprint density at radius 1 is 0.377 bits per heavy atom. The Morgan fingerprint density at radius 2 is 0.590 bits per heavy atom. The molecule has 0 aromatic heterocycles. The van der Waals surface area contributed by atoms with Crippen molar-refractivity contribution < 1.29 is 34.4 Å². The Hall–Kier alpha value is -3.01. The third-order valence-electron chi connectivity index (χ3n) is 11.9. The summed E-state index contributed by atoms with van der Waals surface area (Å²) < 4.78 is 69.5. The van der Waals surface area contributed by atoms with E-state index in [1.54, 1.807) is 0 Å². The average molecular weight is 886 g/mol. The van der Waals surface area contributed by atoms with E-state index in [-0.39, 0.29) is 47.3 Å². The quantitative estimate of drug-likeness (QED) is 0.103. The van der Waals surface area contributed by atoms with Crippen LogP contribution in [0.5, 0.6) is 23.0 Å². The molecule has 0 N–H and O–H groups in total. The maximum absolute atomic E-state index is 15.4. The summed E-state index contributed by atoms with van der Waals surface area (Å²) in [5, 5.41) is 0. The molecular weight excluding hydrogens is 817 g/mol. The van der Waals surface area contributed by atoms with Crippen molar-refractivity contribution in [2.45, 2.75) is 171 Å². The topological polar surface area (TPSA) is 89.5 Å². The van der Waals surface area contributed by atoms with Gasteiger partial charge < -0.3 is 25.2 Å². The second-order valence-electron chi connectivity index (χ2n) is 19.6. The molecule has 0 fully saturated rings. The van der Waals surface area contributed by atoms with Gasteiger partial charge >= 0.3 is 31.5 Å². The first-order valence-electron chi connectivity index (χ1n) is 22.3. The van der Waals surface area contributed by atoms with E-state index in [1.807, 2.05) is 0 Å². The summed E-state index contributed by atoms with van der Waals surface area (Å²) >= 11 is -1.80. The summed E-state index contributed by atoms with van der Waals surface area (Å²) in [6.45, 7) is 34.2. The molecular formula is C50H68AlO8P2. The van der Waals surface area contributed by atoms with E-state index in [1.165, 1.54) is 22.3 Å². The lowest BCUT2D eigenvalue weighted by Crippen LogP contribution is -2.19. The van der Waals surface area contributed by atoms with E-state index in [2.05, 4.69) is 159 Å². The molecule has 1 radical (unpaired) electrons. The first-order valence-corrected chi connectivity index (χ1v) is 26.2. The van der Waals surface area contributed by atoms with Gasteiger partial charge in [0.15, 0.2) is 0 Å². The number of hydrogen-bond donors (Lipinski definition) is 0. The van der Waals surface area contributed by atoms with Crippen molar-refractivity contribution in [1.82, 2.24) is 0 Å². The van der Waals surface area contributed by atoms with Crippen molar-refractivity contribution in [3.8, 4) is 23.0 Å². The molecule has 2 aliphatic rings. The lowest BCUT2D eigenvalue weighted by molar-refractivity contribution is 0.258. The monoisotopic (exact) mass is 885 g/mol. The number of fused-ring (bicyclic) bond motifs is 4. The zero-order valence-corrected chi connectivity index (χ0v) is 42.3. The first kappa shape index (κ1) is 47.5. The Bertz CT molecular complexity index is 2050. The van der Waals surface area contributed by atoms with Gasteiger partial charge in [-0.1, -0.05) is 159 Å². The van der Waals surface area contributed by atoms with Crippen molar-refractivity contribution in [2.75, 3.05) is 0 Å². The highest BCUT2D eigenvalue weighted by Gasteiger charge is 2.43. The van der Waals surface area contributed by atoms with Gasteiger partial charge in [-0.25, -0.2) is 9.13 Å². The van der Waals surface area contributed by atoms with E-state index in [0.717, 1.165) is 44.5 Å². The van der Waals surface area contributed by atoms with Crippen LogP contribution >= 0.6 is 15.6 Å². The van der Waals surface area contributed by atoms with Crippen LogP contribution in [-0.4, -0.2) is 15.9 Å². The Morgan fingerprint density at radius 3 is 0.770 bits per heavy atom. The van der Waals surface area contributed by atoms with Crippen LogP contribution in [0.1, 0.15) is 225 Å². The highest BCUT2D eigenvalue weighted by atomic mass is 31.2. The largest absolute Gasteiger partial charge is 0.689 e. The summed E-state index contributed by atoms with van der Waals surface area (Å²) in [4.78, 5) is 0. The van der Waals surface area contributed by atoms with Gasteiger partial charge in [0.25, 0.3) is 0 Å². The van der Waals surface area contributed by atoms with Gasteiger partial charge in [0.2, 0.25) is 0 Å². The zero-order valence-electron chi connectivity index (χ0n) is 39.4. The van der Waals surface area contributed by atoms with Crippen molar-refractivity contribution in [2.24, 2.45) is 0 Å². The lowest BCUT2D eigenvalue weighted by atomic mass is 9.87. The van der Waals surface area contributed by atoms with Crippen LogP contribution in [0.3, 0.4) is 0 Å². The summed E-state index contributed by atoms with van der Waals surface area (Å²) in [6.07, 6.45) is 1.05. The summed E-state index contributed by atoms with van der Waals surface area (Å²) in [5.74, 6) is 3.13. The maximum atomic E-state index is 15.4.